The number of amides is 1. The minimum absolute atomic E-state index is 0.204. The summed E-state index contributed by atoms with van der Waals surface area (Å²) in [7, 11) is 0. The number of H-pyrrole nitrogens is 1. The van der Waals surface area contributed by atoms with Crippen LogP contribution < -0.4 is 5.32 Å². The number of carbonyl (C=O) groups excluding carboxylic acids is 1. The molecule has 0 bridgehead atoms. The number of nitrogens with zero attached hydrogens (tertiary/aromatic N) is 4. The van der Waals surface area contributed by atoms with Gasteiger partial charge in [0.05, 0.1) is 6.54 Å². The molecule has 0 radical (unpaired) electrons. The van der Waals surface area contributed by atoms with Crippen LogP contribution in [0.15, 0.2) is 52.9 Å². The number of aromatic amines is 1. The summed E-state index contributed by atoms with van der Waals surface area (Å²) in [6, 6.07) is 14.8. The van der Waals surface area contributed by atoms with E-state index in [1.54, 1.807) is 24.3 Å². The number of hydrogen-bond acceptors (Lipinski definition) is 6. The lowest BCUT2D eigenvalue weighted by Crippen LogP contribution is -2.24. The fourth-order valence-electron chi connectivity index (χ4n) is 3.10. The zero-order valence-electron chi connectivity index (χ0n) is 16.5. The molecular weight excluding hydrogens is 400 g/mol. The van der Waals surface area contributed by atoms with E-state index in [0.717, 1.165) is 16.7 Å². The minimum atomic E-state index is -0.204. The Hall–Kier alpha value is -3.59. The van der Waals surface area contributed by atoms with Gasteiger partial charge in [0.1, 0.15) is 0 Å². The Kier molecular flexibility index (Phi) is 5.53. The van der Waals surface area contributed by atoms with Crippen LogP contribution in [0.4, 0.5) is 0 Å². The Morgan fingerprint density at radius 1 is 1.13 bits per heavy atom. The van der Waals surface area contributed by atoms with Crippen LogP contribution >= 0.6 is 12.2 Å². The van der Waals surface area contributed by atoms with Crippen molar-refractivity contribution < 1.29 is 9.21 Å². The van der Waals surface area contributed by atoms with E-state index in [9.17, 15) is 4.79 Å². The predicted octanol–water partition coefficient (Wildman–Crippen LogP) is 3.92. The number of nitrogens with one attached hydrogen (secondary N) is 2. The molecular formula is C21H20N6O2S. The summed E-state index contributed by atoms with van der Waals surface area (Å²) in [5.41, 5.74) is 3.22. The van der Waals surface area contributed by atoms with Gasteiger partial charge in [0.15, 0.2) is 10.6 Å². The van der Waals surface area contributed by atoms with Crippen LogP contribution in [-0.2, 0) is 13.1 Å². The second kappa shape index (κ2) is 8.42. The molecule has 9 heteroatoms. The van der Waals surface area contributed by atoms with Crippen molar-refractivity contribution in [3.63, 3.8) is 0 Å². The first kappa shape index (κ1) is 19.7. The topological polar surface area (TPSA) is 102 Å². The van der Waals surface area contributed by atoms with Gasteiger partial charge in [0.2, 0.25) is 11.8 Å². The average Bonchev–Trinajstić information content (AvgIpc) is 3.39. The molecule has 2 heterocycles. The van der Waals surface area contributed by atoms with Crippen LogP contribution in [0, 0.1) is 11.7 Å². The molecule has 0 aliphatic heterocycles. The fourth-order valence-corrected chi connectivity index (χ4v) is 3.38. The van der Waals surface area contributed by atoms with Gasteiger partial charge in [-0.05, 0) is 62.0 Å². The predicted molar refractivity (Wildman–Crippen MR) is 114 cm³/mol. The molecule has 0 atom stereocenters. The Morgan fingerprint density at radius 2 is 1.87 bits per heavy atom. The number of rotatable bonds is 6. The van der Waals surface area contributed by atoms with Crippen molar-refractivity contribution in [1.82, 2.24) is 30.3 Å². The van der Waals surface area contributed by atoms with Crippen molar-refractivity contribution >= 4 is 18.1 Å². The van der Waals surface area contributed by atoms with E-state index in [-0.39, 0.29) is 12.5 Å². The summed E-state index contributed by atoms with van der Waals surface area (Å²) in [6.07, 6.45) is 0. The first-order valence-electron chi connectivity index (χ1n) is 9.49. The summed E-state index contributed by atoms with van der Waals surface area (Å²) >= 11 is 5.16. The van der Waals surface area contributed by atoms with Crippen molar-refractivity contribution in [2.24, 2.45) is 0 Å². The highest BCUT2D eigenvalue weighted by atomic mass is 32.1. The minimum Gasteiger partial charge on any atom is -0.416 e. The molecule has 0 aliphatic rings. The highest BCUT2D eigenvalue weighted by Crippen LogP contribution is 2.26. The van der Waals surface area contributed by atoms with E-state index >= 15 is 0 Å². The zero-order valence-corrected chi connectivity index (χ0v) is 17.4. The van der Waals surface area contributed by atoms with Gasteiger partial charge in [0, 0.05) is 23.2 Å². The van der Waals surface area contributed by atoms with Gasteiger partial charge in [-0.15, -0.1) is 10.2 Å². The molecule has 2 aromatic heterocycles. The molecule has 1 amide bonds. The van der Waals surface area contributed by atoms with Crippen molar-refractivity contribution in [1.29, 1.82) is 0 Å². The number of benzene rings is 2. The number of hydrogen-bond donors (Lipinski definition) is 2. The van der Waals surface area contributed by atoms with E-state index in [4.69, 9.17) is 16.6 Å². The van der Waals surface area contributed by atoms with Crippen LogP contribution in [-0.4, -0.2) is 30.9 Å². The lowest BCUT2D eigenvalue weighted by molar-refractivity contribution is 0.0949. The summed E-state index contributed by atoms with van der Waals surface area (Å²) in [4.78, 5) is 12.5. The van der Waals surface area contributed by atoms with Gasteiger partial charge in [-0.1, -0.05) is 18.2 Å². The number of carbonyl (C=O) groups is 1. The third-order valence-corrected chi connectivity index (χ3v) is 5.07. The van der Waals surface area contributed by atoms with Crippen molar-refractivity contribution in [2.45, 2.75) is 26.9 Å². The SMILES string of the molecule is CCn1c(CNC(=O)c2ccc(-c3nnc(-c4ccccc4C)o3)cc2)n[nH]c1=S. The third kappa shape index (κ3) is 3.92. The maximum Gasteiger partial charge on any atom is 0.251 e. The van der Waals surface area contributed by atoms with Gasteiger partial charge >= 0.3 is 0 Å². The third-order valence-electron chi connectivity index (χ3n) is 4.76. The van der Waals surface area contributed by atoms with E-state index < -0.39 is 0 Å². The largest absolute Gasteiger partial charge is 0.416 e. The summed E-state index contributed by atoms with van der Waals surface area (Å²) in [5.74, 6) is 1.35. The zero-order chi connectivity index (χ0) is 21.1. The summed E-state index contributed by atoms with van der Waals surface area (Å²) in [6.45, 7) is 4.93. The second-order valence-corrected chi connectivity index (χ2v) is 7.06. The molecule has 0 fully saturated rings. The van der Waals surface area contributed by atoms with E-state index in [0.29, 0.717) is 34.5 Å². The molecule has 0 unspecified atom stereocenters. The molecule has 0 spiro atoms. The van der Waals surface area contributed by atoms with Gasteiger partial charge in [0.25, 0.3) is 5.91 Å². The lowest BCUT2D eigenvalue weighted by atomic mass is 10.1. The molecule has 2 N–H and O–H groups in total. The molecule has 8 nitrogen and oxygen atoms in total. The molecule has 0 saturated carbocycles. The Balaban J connectivity index is 1.46. The highest BCUT2D eigenvalue weighted by molar-refractivity contribution is 7.71. The maximum atomic E-state index is 12.5. The van der Waals surface area contributed by atoms with Crippen molar-refractivity contribution in [3.8, 4) is 22.9 Å². The Labute approximate surface area is 178 Å². The standard InChI is InChI=1S/C21H20N6O2S/c1-3-27-17(23-26-21(27)30)12-22-18(28)14-8-10-15(11-9-14)19-24-25-20(29-19)16-7-5-4-6-13(16)2/h4-11H,3,12H2,1-2H3,(H,22,28)(H,26,30). The summed E-state index contributed by atoms with van der Waals surface area (Å²) < 4.78 is 8.19. The summed E-state index contributed by atoms with van der Waals surface area (Å²) in [5, 5.41) is 18.0. The molecule has 4 rings (SSSR count). The van der Waals surface area contributed by atoms with Crippen LogP contribution in [0.5, 0.6) is 0 Å². The van der Waals surface area contributed by atoms with Crippen LogP contribution in [0.2, 0.25) is 0 Å². The quantitative estimate of drug-likeness (QED) is 0.459. The van der Waals surface area contributed by atoms with Crippen molar-refractivity contribution in [3.05, 3.63) is 70.3 Å². The van der Waals surface area contributed by atoms with Gasteiger partial charge in [-0.2, -0.15) is 5.10 Å². The smallest absolute Gasteiger partial charge is 0.251 e. The fraction of sp³-hybridized carbons (Fsp3) is 0.190. The van der Waals surface area contributed by atoms with Crippen molar-refractivity contribution in [2.75, 3.05) is 0 Å². The van der Waals surface area contributed by atoms with Gasteiger partial charge in [-0.25, -0.2) is 0 Å². The first-order valence-corrected chi connectivity index (χ1v) is 9.90. The average molecular weight is 420 g/mol. The van der Waals surface area contributed by atoms with E-state index in [1.807, 2.05) is 42.7 Å². The van der Waals surface area contributed by atoms with Gasteiger partial charge < -0.3 is 14.3 Å². The van der Waals surface area contributed by atoms with Crippen LogP contribution in [0.3, 0.4) is 0 Å². The molecule has 152 valence electrons. The van der Waals surface area contributed by atoms with E-state index in [1.165, 1.54) is 0 Å². The van der Waals surface area contributed by atoms with Gasteiger partial charge in [-0.3, -0.25) is 9.89 Å². The maximum absolute atomic E-state index is 12.5. The van der Waals surface area contributed by atoms with Crippen LogP contribution in [0.1, 0.15) is 28.7 Å². The monoisotopic (exact) mass is 420 g/mol. The molecule has 4 aromatic rings. The first-order chi connectivity index (χ1) is 14.6. The lowest BCUT2D eigenvalue weighted by Gasteiger charge is -2.06. The van der Waals surface area contributed by atoms with E-state index in [2.05, 4.69) is 25.7 Å². The second-order valence-electron chi connectivity index (χ2n) is 6.68. The number of aromatic nitrogens is 5. The molecule has 2 aromatic carbocycles. The molecule has 0 saturated heterocycles. The molecule has 0 aliphatic carbocycles. The Bertz CT molecular complexity index is 1240. The number of aryl methyl sites for hydroxylation is 1. The highest BCUT2D eigenvalue weighted by Gasteiger charge is 2.13. The molecule has 30 heavy (non-hydrogen) atoms. The normalized spacial score (nSPS) is 10.9. The Morgan fingerprint density at radius 3 is 2.60 bits per heavy atom. The van der Waals surface area contributed by atoms with Crippen LogP contribution in [0.25, 0.3) is 22.9 Å².